The van der Waals surface area contributed by atoms with Gasteiger partial charge in [-0.15, -0.1) is 0 Å². The van der Waals surface area contributed by atoms with Crippen molar-refractivity contribution in [2.24, 2.45) is 0 Å². The van der Waals surface area contributed by atoms with Crippen molar-refractivity contribution in [2.75, 3.05) is 13.1 Å². The zero-order valence-corrected chi connectivity index (χ0v) is 12.9. The van der Waals surface area contributed by atoms with Crippen LogP contribution in [0.15, 0.2) is 23.1 Å². The van der Waals surface area contributed by atoms with Gasteiger partial charge in [0.1, 0.15) is 15.9 Å². The fourth-order valence-corrected chi connectivity index (χ4v) is 4.91. The van der Waals surface area contributed by atoms with Gasteiger partial charge < -0.3 is 5.32 Å². The van der Waals surface area contributed by atoms with Crippen molar-refractivity contribution in [3.8, 4) is 0 Å². The summed E-state index contributed by atoms with van der Waals surface area (Å²) in [6, 6.07) is 5.18. The van der Waals surface area contributed by atoms with Gasteiger partial charge in [-0.25, -0.2) is 8.42 Å². The summed E-state index contributed by atoms with van der Waals surface area (Å²) < 4.78 is 35.6. The number of sulfonamides is 1. The van der Waals surface area contributed by atoms with Crippen LogP contribution in [0.4, 0.5) is 0 Å². The normalized spacial score (nSPS) is 25.1. The fourth-order valence-electron chi connectivity index (χ4n) is 2.44. The van der Waals surface area contributed by atoms with Crippen LogP contribution in [0.5, 0.6) is 0 Å². The van der Waals surface area contributed by atoms with Crippen molar-refractivity contribution >= 4 is 32.8 Å². The smallest absolute Gasteiger partial charge is 0.245 e. The predicted molar refractivity (Wildman–Crippen MR) is 78.2 cm³/mol. The molecule has 1 aliphatic rings. The monoisotopic (exact) mass is 312 g/mol. The van der Waals surface area contributed by atoms with Crippen LogP contribution in [0.3, 0.4) is 0 Å². The van der Waals surface area contributed by atoms with Crippen LogP contribution in [0.2, 0.25) is 0 Å². The number of fused-ring (bicyclic) bond motifs is 1. The molecule has 0 aliphatic carbocycles. The molecule has 0 spiro atoms. The van der Waals surface area contributed by atoms with E-state index in [2.05, 4.69) is 14.1 Å². The van der Waals surface area contributed by atoms with Gasteiger partial charge in [-0.3, -0.25) is 0 Å². The third-order valence-electron chi connectivity index (χ3n) is 3.54. The van der Waals surface area contributed by atoms with Crippen LogP contribution in [-0.2, 0) is 10.0 Å². The van der Waals surface area contributed by atoms with Gasteiger partial charge in [0.05, 0.1) is 11.7 Å². The summed E-state index contributed by atoms with van der Waals surface area (Å²) in [6.45, 7) is 5.03. The second kappa shape index (κ2) is 5.03. The molecule has 0 bridgehead atoms. The maximum Gasteiger partial charge on any atom is 0.245 e. The van der Waals surface area contributed by atoms with Crippen LogP contribution >= 0.6 is 11.7 Å². The third-order valence-corrected chi connectivity index (χ3v) is 6.10. The summed E-state index contributed by atoms with van der Waals surface area (Å²) >= 11 is 1.04. The average molecular weight is 312 g/mol. The number of hydrogen-bond acceptors (Lipinski definition) is 6. The molecule has 6 nitrogen and oxygen atoms in total. The van der Waals surface area contributed by atoms with Gasteiger partial charge in [0.25, 0.3) is 0 Å². The van der Waals surface area contributed by atoms with Gasteiger partial charge in [0, 0.05) is 25.2 Å². The molecule has 1 saturated heterocycles. The molecule has 0 radical (unpaired) electrons. The van der Waals surface area contributed by atoms with E-state index in [0.29, 0.717) is 24.1 Å². The van der Waals surface area contributed by atoms with Crippen LogP contribution in [0.25, 0.3) is 11.0 Å². The highest BCUT2D eigenvalue weighted by Crippen LogP contribution is 2.26. The Morgan fingerprint density at radius 2 is 2.15 bits per heavy atom. The van der Waals surface area contributed by atoms with Crippen molar-refractivity contribution < 1.29 is 8.42 Å². The summed E-state index contributed by atoms with van der Waals surface area (Å²) in [5, 5.41) is 3.29. The maximum absolute atomic E-state index is 12.9. The van der Waals surface area contributed by atoms with E-state index >= 15 is 0 Å². The summed E-state index contributed by atoms with van der Waals surface area (Å²) in [4.78, 5) is 0.254. The first-order chi connectivity index (χ1) is 9.50. The molecule has 1 aromatic heterocycles. The van der Waals surface area contributed by atoms with Crippen LogP contribution < -0.4 is 5.32 Å². The highest BCUT2D eigenvalue weighted by Gasteiger charge is 2.34. The molecular formula is C12H16N4O2S2. The molecule has 3 rings (SSSR count). The van der Waals surface area contributed by atoms with Gasteiger partial charge in [-0.05, 0) is 26.0 Å². The lowest BCUT2D eigenvalue weighted by atomic mass is 10.2. The lowest BCUT2D eigenvalue weighted by molar-refractivity contribution is 0.245. The molecule has 2 atom stereocenters. The molecule has 2 aromatic rings. The molecule has 0 saturated carbocycles. The van der Waals surface area contributed by atoms with Crippen LogP contribution in [0, 0.1) is 0 Å². The summed E-state index contributed by atoms with van der Waals surface area (Å²) in [6.07, 6.45) is 0. The van der Waals surface area contributed by atoms with Crippen molar-refractivity contribution in [1.29, 1.82) is 0 Å². The van der Waals surface area contributed by atoms with Crippen molar-refractivity contribution in [1.82, 2.24) is 18.4 Å². The lowest BCUT2D eigenvalue weighted by Gasteiger charge is -2.36. The van der Waals surface area contributed by atoms with Gasteiger partial charge >= 0.3 is 0 Å². The molecule has 1 N–H and O–H groups in total. The average Bonchev–Trinajstić information content (AvgIpc) is 2.89. The Bertz CT molecular complexity index is 728. The lowest BCUT2D eigenvalue weighted by Crippen LogP contribution is -2.56. The molecule has 20 heavy (non-hydrogen) atoms. The van der Waals surface area contributed by atoms with E-state index in [1.165, 1.54) is 0 Å². The highest BCUT2D eigenvalue weighted by molar-refractivity contribution is 7.89. The Kier molecular flexibility index (Phi) is 3.49. The van der Waals surface area contributed by atoms with Crippen LogP contribution in [0.1, 0.15) is 13.8 Å². The number of nitrogens with zero attached hydrogens (tertiary/aromatic N) is 3. The molecule has 1 aliphatic heterocycles. The van der Waals surface area contributed by atoms with Crippen molar-refractivity contribution in [3.63, 3.8) is 0 Å². The quantitative estimate of drug-likeness (QED) is 0.897. The first kappa shape index (κ1) is 13.9. The minimum Gasteiger partial charge on any atom is -0.311 e. The van der Waals surface area contributed by atoms with Gasteiger partial charge in [0.2, 0.25) is 10.0 Å². The standard InChI is InChI=1S/C12H16N4O2S2/c1-8-7-16(9(2)6-13-8)20(17,18)11-5-3-4-10-12(11)15-19-14-10/h3-5,8-9,13H,6-7H2,1-2H3. The number of rotatable bonds is 2. The zero-order chi connectivity index (χ0) is 14.3. The number of piperazine rings is 1. The summed E-state index contributed by atoms with van der Waals surface area (Å²) in [5.41, 5.74) is 1.10. The van der Waals surface area contributed by atoms with Crippen molar-refractivity contribution in [2.45, 2.75) is 30.8 Å². The zero-order valence-electron chi connectivity index (χ0n) is 11.3. The highest BCUT2D eigenvalue weighted by atomic mass is 32.2. The number of nitrogens with one attached hydrogen (secondary N) is 1. The Morgan fingerprint density at radius 1 is 1.35 bits per heavy atom. The molecule has 0 amide bonds. The van der Waals surface area contributed by atoms with E-state index in [9.17, 15) is 8.42 Å². The van der Waals surface area contributed by atoms with E-state index in [1.54, 1.807) is 22.5 Å². The third kappa shape index (κ3) is 2.22. The Morgan fingerprint density at radius 3 is 2.95 bits per heavy atom. The largest absolute Gasteiger partial charge is 0.311 e. The molecule has 108 valence electrons. The fraction of sp³-hybridized carbons (Fsp3) is 0.500. The molecule has 2 unspecified atom stereocenters. The molecular weight excluding hydrogens is 296 g/mol. The molecule has 1 fully saturated rings. The molecule has 2 heterocycles. The SMILES string of the molecule is CC1CN(S(=O)(=O)c2cccc3nsnc23)C(C)CN1. The first-order valence-corrected chi connectivity index (χ1v) is 8.63. The summed E-state index contributed by atoms with van der Waals surface area (Å²) in [7, 11) is -3.54. The van der Waals surface area contributed by atoms with E-state index in [0.717, 1.165) is 11.7 Å². The topological polar surface area (TPSA) is 75.2 Å². The van der Waals surface area contributed by atoms with Gasteiger partial charge in [-0.2, -0.15) is 13.1 Å². The number of hydrogen-bond donors (Lipinski definition) is 1. The minimum atomic E-state index is -3.54. The van der Waals surface area contributed by atoms with Gasteiger partial charge in [-0.1, -0.05) is 6.07 Å². The van der Waals surface area contributed by atoms with Crippen molar-refractivity contribution in [3.05, 3.63) is 18.2 Å². The number of benzene rings is 1. The summed E-state index contributed by atoms with van der Waals surface area (Å²) in [5.74, 6) is 0. The van der Waals surface area contributed by atoms with Gasteiger partial charge in [0.15, 0.2) is 0 Å². The predicted octanol–water partition coefficient (Wildman–Crippen LogP) is 1.06. The van der Waals surface area contributed by atoms with E-state index in [1.807, 2.05) is 13.8 Å². The number of aromatic nitrogens is 2. The Hall–Kier alpha value is -1.09. The Labute approximate surface area is 122 Å². The molecule has 8 heteroatoms. The second-order valence-corrected chi connectivity index (χ2v) is 7.51. The Balaban J connectivity index is 2.09. The molecule has 1 aromatic carbocycles. The first-order valence-electron chi connectivity index (χ1n) is 6.46. The van der Waals surface area contributed by atoms with E-state index in [4.69, 9.17) is 0 Å². The maximum atomic E-state index is 12.9. The minimum absolute atomic E-state index is 0.0712. The van der Waals surface area contributed by atoms with Crippen LogP contribution in [-0.4, -0.2) is 46.6 Å². The van der Waals surface area contributed by atoms with E-state index < -0.39 is 10.0 Å². The second-order valence-electron chi connectivity index (χ2n) is 5.12. The van der Waals surface area contributed by atoms with E-state index in [-0.39, 0.29) is 17.0 Å².